The van der Waals surface area contributed by atoms with E-state index in [0.717, 1.165) is 0 Å². The van der Waals surface area contributed by atoms with E-state index >= 15 is 0 Å². The number of rotatable bonds is 0. The second kappa shape index (κ2) is 6.45. The molecule has 0 bridgehead atoms. The summed E-state index contributed by atoms with van der Waals surface area (Å²) in [5.74, 6) is 0. The Morgan fingerprint density at radius 2 is 1.19 bits per heavy atom. The summed E-state index contributed by atoms with van der Waals surface area (Å²) in [7, 11) is 2.65. The number of hydrogen-bond acceptors (Lipinski definition) is 0. The first-order valence-corrected chi connectivity index (χ1v) is 6.01. The molecule has 1 atom stereocenters. The van der Waals surface area contributed by atoms with Gasteiger partial charge in [0.2, 0.25) is 0 Å². The van der Waals surface area contributed by atoms with E-state index in [4.69, 9.17) is 0 Å². The fourth-order valence-corrected chi connectivity index (χ4v) is 1.57. The molecule has 0 spiro atoms. The first kappa shape index (κ1) is 12.9. The second-order valence-corrected chi connectivity index (χ2v) is 4.74. The normalized spacial score (nSPS) is 9.25. The highest BCUT2D eigenvalue weighted by molar-refractivity contribution is 7.27. The number of aryl methyl sites for hydroxylation is 3. The average molecular weight is 230 g/mol. The molecule has 0 fully saturated rings. The minimum atomic E-state index is 1.25. The van der Waals surface area contributed by atoms with Gasteiger partial charge in [-0.05, 0) is 26.1 Å². The van der Waals surface area contributed by atoms with Gasteiger partial charge < -0.3 is 0 Å². The van der Waals surface area contributed by atoms with E-state index in [2.05, 4.69) is 78.5 Å². The Morgan fingerprint density at radius 3 is 1.50 bits per heavy atom. The van der Waals surface area contributed by atoms with E-state index in [0.29, 0.717) is 0 Å². The maximum atomic E-state index is 2.65. The van der Waals surface area contributed by atoms with Crippen LogP contribution < -0.4 is 5.30 Å². The fraction of sp³-hybridized carbons (Fsp3) is 0.200. The summed E-state index contributed by atoms with van der Waals surface area (Å²) in [4.78, 5) is 0. The van der Waals surface area contributed by atoms with Gasteiger partial charge in [0.25, 0.3) is 0 Å². The third kappa shape index (κ3) is 5.09. The van der Waals surface area contributed by atoms with E-state index in [-0.39, 0.29) is 0 Å². The minimum absolute atomic E-state index is 1.25. The van der Waals surface area contributed by atoms with Crippen molar-refractivity contribution in [1.29, 1.82) is 0 Å². The van der Waals surface area contributed by atoms with Crippen LogP contribution in [0.5, 0.6) is 0 Å². The molecule has 2 aromatic carbocycles. The lowest BCUT2D eigenvalue weighted by molar-refractivity contribution is 1.39. The smallest absolute Gasteiger partial charge is 0.0302 e. The standard InChI is InChI=1S/C8H10.C7H9P/c1-7-4-3-5-8(2)6-7;1-6-2-4-7(8)5-3-6/h3-6H,1-2H3;2-5H,8H2,1H3. The highest BCUT2D eigenvalue weighted by atomic mass is 31.0. The van der Waals surface area contributed by atoms with Crippen molar-refractivity contribution in [3.63, 3.8) is 0 Å². The Kier molecular flexibility index (Phi) is 5.22. The van der Waals surface area contributed by atoms with Crippen LogP contribution in [0.2, 0.25) is 0 Å². The summed E-state index contributed by atoms with van der Waals surface area (Å²) in [6.07, 6.45) is 0. The lowest BCUT2D eigenvalue weighted by Crippen LogP contribution is -1.85. The van der Waals surface area contributed by atoms with Crippen molar-refractivity contribution in [2.45, 2.75) is 20.8 Å². The Bertz CT molecular complexity index is 391. The molecule has 0 saturated heterocycles. The third-order valence-corrected chi connectivity index (χ3v) is 2.64. The van der Waals surface area contributed by atoms with Crippen LogP contribution in [-0.4, -0.2) is 0 Å². The molecule has 2 rings (SSSR count). The zero-order valence-electron chi connectivity index (χ0n) is 10.2. The van der Waals surface area contributed by atoms with Crippen molar-refractivity contribution >= 4 is 14.5 Å². The van der Waals surface area contributed by atoms with Crippen LogP contribution in [0.1, 0.15) is 16.7 Å². The molecule has 0 aromatic heterocycles. The van der Waals surface area contributed by atoms with Crippen molar-refractivity contribution in [2.24, 2.45) is 0 Å². The van der Waals surface area contributed by atoms with Crippen LogP contribution in [0, 0.1) is 20.8 Å². The summed E-state index contributed by atoms with van der Waals surface area (Å²) in [6, 6.07) is 16.8. The van der Waals surface area contributed by atoms with E-state index in [1.807, 2.05) is 0 Å². The third-order valence-electron chi connectivity index (χ3n) is 2.25. The zero-order chi connectivity index (χ0) is 12.0. The van der Waals surface area contributed by atoms with Gasteiger partial charge in [-0.3, -0.25) is 0 Å². The molecule has 1 heteroatoms. The van der Waals surface area contributed by atoms with Gasteiger partial charge in [0, 0.05) is 0 Å². The molecule has 84 valence electrons. The maximum absolute atomic E-state index is 2.65. The molecule has 0 nitrogen and oxygen atoms in total. The minimum Gasteiger partial charge on any atom is -0.106 e. The van der Waals surface area contributed by atoms with Crippen molar-refractivity contribution in [2.75, 3.05) is 0 Å². The van der Waals surface area contributed by atoms with Crippen LogP contribution >= 0.6 is 9.24 Å². The predicted octanol–water partition coefficient (Wildman–Crippen LogP) is 3.80. The monoisotopic (exact) mass is 230 g/mol. The van der Waals surface area contributed by atoms with Gasteiger partial charge in [0.1, 0.15) is 0 Å². The Morgan fingerprint density at radius 1 is 0.688 bits per heavy atom. The molecule has 2 aromatic rings. The van der Waals surface area contributed by atoms with Gasteiger partial charge in [-0.15, -0.1) is 9.24 Å². The van der Waals surface area contributed by atoms with Crippen molar-refractivity contribution in [3.05, 3.63) is 65.2 Å². The molecule has 0 aliphatic heterocycles. The summed E-state index contributed by atoms with van der Waals surface area (Å²) in [6.45, 7) is 6.30. The molecule has 0 aliphatic carbocycles. The molecule has 16 heavy (non-hydrogen) atoms. The van der Waals surface area contributed by atoms with Crippen LogP contribution in [0.25, 0.3) is 0 Å². The lowest BCUT2D eigenvalue weighted by Gasteiger charge is -1.90. The topological polar surface area (TPSA) is 0 Å². The van der Waals surface area contributed by atoms with Gasteiger partial charge in [0.05, 0.1) is 0 Å². The van der Waals surface area contributed by atoms with E-state index in [1.165, 1.54) is 22.0 Å². The molecular weight excluding hydrogens is 211 g/mol. The summed E-state index contributed by atoms with van der Waals surface area (Å²) in [5, 5.41) is 1.25. The molecule has 0 radical (unpaired) electrons. The van der Waals surface area contributed by atoms with Gasteiger partial charge >= 0.3 is 0 Å². The largest absolute Gasteiger partial charge is 0.106 e. The molecule has 0 aliphatic rings. The van der Waals surface area contributed by atoms with Crippen molar-refractivity contribution in [1.82, 2.24) is 0 Å². The number of hydrogen-bond donors (Lipinski definition) is 0. The van der Waals surface area contributed by atoms with Crippen LogP contribution in [0.15, 0.2) is 48.5 Å². The lowest BCUT2D eigenvalue weighted by atomic mass is 10.2. The fourth-order valence-electron chi connectivity index (χ4n) is 1.37. The molecule has 0 amide bonds. The molecule has 1 unspecified atom stereocenters. The van der Waals surface area contributed by atoms with Gasteiger partial charge in [-0.25, -0.2) is 0 Å². The predicted molar refractivity (Wildman–Crippen MR) is 76.4 cm³/mol. The van der Waals surface area contributed by atoms with Crippen LogP contribution in [0.4, 0.5) is 0 Å². The van der Waals surface area contributed by atoms with Crippen molar-refractivity contribution < 1.29 is 0 Å². The van der Waals surface area contributed by atoms with Crippen LogP contribution in [0.3, 0.4) is 0 Å². The van der Waals surface area contributed by atoms with E-state index < -0.39 is 0 Å². The Hall–Kier alpha value is -1.13. The Labute approximate surface area is 101 Å². The maximum Gasteiger partial charge on any atom is -0.0302 e. The molecule has 0 N–H and O–H groups in total. The second-order valence-electron chi connectivity index (χ2n) is 4.07. The quantitative estimate of drug-likeness (QED) is 0.604. The van der Waals surface area contributed by atoms with Gasteiger partial charge in [0.15, 0.2) is 0 Å². The first-order valence-electron chi connectivity index (χ1n) is 5.43. The Balaban J connectivity index is 0.000000160. The highest BCUT2D eigenvalue weighted by Gasteiger charge is 1.81. The van der Waals surface area contributed by atoms with E-state index in [1.54, 1.807) is 0 Å². The van der Waals surface area contributed by atoms with Crippen molar-refractivity contribution in [3.8, 4) is 0 Å². The highest BCUT2D eigenvalue weighted by Crippen LogP contribution is 2.00. The molecule has 0 heterocycles. The van der Waals surface area contributed by atoms with Gasteiger partial charge in [-0.1, -0.05) is 65.2 Å². The van der Waals surface area contributed by atoms with Crippen LogP contribution in [-0.2, 0) is 0 Å². The number of benzene rings is 2. The summed E-state index contributed by atoms with van der Waals surface area (Å²) >= 11 is 0. The summed E-state index contributed by atoms with van der Waals surface area (Å²) < 4.78 is 0. The molecular formula is C15H19P. The average Bonchev–Trinajstić information content (AvgIpc) is 2.23. The first-order chi connectivity index (χ1) is 7.58. The zero-order valence-corrected chi connectivity index (χ0v) is 11.4. The van der Waals surface area contributed by atoms with E-state index in [9.17, 15) is 0 Å². The SMILES string of the molecule is Cc1ccc(P)cc1.Cc1cccc(C)c1. The van der Waals surface area contributed by atoms with Gasteiger partial charge in [-0.2, -0.15) is 0 Å². The summed E-state index contributed by atoms with van der Waals surface area (Å²) in [5.41, 5.74) is 3.99. The molecule has 0 saturated carbocycles.